The highest BCUT2D eigenvalue weighted by Crippen LogP contribution is 2.25. The zero-order valence-corrected chi connectivity index (χ0v) is 18.0. The molecule has 0 saturated carbocycles. The summed E-state index contributed by atoms with van der Waals surface area (Å²) in [6, 6.07) is -3.41. The van der Waals surface area contributed by atoms with Crippen molar-refractivity contribution in [1.29, 1.82) is 0 Å². The van der Waals surface area contributed by atoms with Crippen molar-refractivity contribution in [3.63, 3.8) is 0 Å². The monoisotopic (exact) mass is 452 g/mol. The fraction of sp³-hybridized carbons (Fsp3) is 0.632. The number of aliphatic carboxylic acids is 1. The molecule has 3 heterocycles. The molecule has 170 valence electrons. The van der Waals surface area contributed by atoms with Crippen molar-refractivity contribution in [2.45, 2.75) is 56.3 Å². The van der Waals surface area contributed by atoms with Gasteiger partial charge in [-0.3, -0.25) is 14.4 Å². The Morgan fingerprint density at radius 3 is 2.52 bits per heavy atom. The second-order valence-corrected chi connectivity index (χ2v) is 8.21. The molecular formula is C19H28N6O5S. The van der Waals surface area contributed by atoms with E-state index in [-0.39, 0.29) is 18.1 Å². The molecule has 1 aromatic heterocycles. The molecule has 0 aliphatic carbocycles. The molecule has 31 heavy (non-hydrogen) atoms. The number of nitrogens with zero attached hydrogens (tertiary/aromatic N) is 3. The Bertz CT molecular complexity index is 819. The summed E-state index contributed by atoms with van der Waals surface area (Å²) in [6.45, 7) is 0.727. The zero-order chi connectivity index (χ0) is 22.5. The Balaban J connectivity index is 1.64. The molecule has 2 aliphatic rings. The van der Waals surface area contributed by atoms with Crippen molar-refractivity contribution in [2.24, 2.45) is 5.73 Å². The van der Waals surface area contributed by atoms with Crippen LogP contribution in [0.3, 0.4) is 0 Å². The van der Waals surface area contributed by atoms with Crippen LogP contribution in [0.4, 0.5) is 0 Å². The number of aromatic nitrogens is 2. The van der Waals surface area contributed by atoms with Gasteiger partial charge < -0.3 is 30.9 Å². The average molecular weight is 453 g/mol. The number of nitrogens with two attached hydrogens (primary N) is 1. The van der Waals surface area contributed by atoms with Crippen molar-refractivity contribution < 1.29 is 24.3 Å². The Morgan fingerprint density at radius 1 is 1.23 bits per heavy atom. The number of rotatable bonds is 8. The van der Waals surface area contributed by atoms with Gasteiger partial charge in [0.15, 0.2) is 0 Å². The molecule has 3 rings (SSSR count). The van der Waals surface area contributed by atoms with E-state index >= 15 is 0 Å². The molecule has 1 aromatic rings. The quantitative estimate of drug-likeness (QED) is 0.308. The molecule has 12 heteroatoms. The second kappa shape index (κ2) is 10.1. The molecule has 3 amide bonds. The Labute approximate surface area is 185 Å². The van der Waals surface area contributed by atoms with Crippen molar-refractivity contribution in [2.75, 3.05) is 18.8 Å². The summed E-state index contributed by atoms with van der Waals surface area (Å²) in [5, 5.41) is 12.0. The summed E-state index contributed by atoms with van der Waals surface area (Å²) >= 11 is 4.20. The van der Waals surface area contributed by atoms with Crippen LogP contribution in [0.5, 0.6) is 0 Å². The van der Waals surface area contributed by atoms with E-state index in [0.717, 1.165) is 0 Å². The van der Waals surface area contributed by atoms with Crippen LogP contribution in [0.25, 0.3) is 0 Å². The summed E-state index contributed by atoms with van der Waals surface area (Å²) in [5.74, 6) is -2.27. The van der Waals surface area contributed by atoms with Gasteiger partial charge >= 0.3 is 5.97 Å². The second-order valence-electron chi connectivity index (χ2n) is 7.85. The van der Waals surface area contributed by atoms with E-state index in [1.165, 1.54) is 16.1 Å². The van der Waals surface area contributed by atoms with Gasteiger partial charge in [-0.1, -0.05) is 0 Å². The molecule has 5 N–H and O–H groups in total. The van der Waals surface area contributed by atoms with E-state index in [4.69, 9.17) is 5.73 Å². The highest BCUT2D eigenvalue weighted by Gasteiger charge is 2.43. The SMILES string of the molecule is NC(Cc1cnc[nH]1)C(=O)NC(CS)C(=O)N1CCCC1C(=O)N1CCCC1C(=O)O. The van der Waals surface area contributed by atoms with E-state index < -0.39 is 42.0 Å². The van der Waals surface area contributed by atoms with E-state index in [0.29, 0.717) is 44.5 Å². The first-order valence-electron chi connectivity index (χ1n) is 10.3. The third-order valence-electron chi connectivity index (χ3n) is 5.77. The lowest BCUT2D eigenvalue weighted by molar-refractivity contribution is -0.152. The number of H-pyrrole nitrogens is 1. The molecule has 0 bridgehead atoms. The predicted octanol–water partition coefficient (Wildman–Crippen LogP) is -1.24. The van der Waals surface area contributed by atoms with Gasteiger partial charge in [0.05, 0.1) is 12.4 Å². The number of carboxylic acids is 1. The number of hydrogen-bond donors (Lipinski definition) is 5. The van der Waals surface area contributed by atoms with Crippen LogP contribution < -0.4 is 11.1 Å². The normalized spacial score (nSPS) is 22.9. The van der Waals surface area contributed by atoms with Crippen LogP contribution in [0.15, 0.2) is 12.5 Å². The fourth-order valence-corrected chi connectivity index (χ4v) is 4.40. The number of likely N-dealkylation sites (tertiary alicyclic amines) is 2. The van der Waals surface area contributed by atoms with Crippen molar-refractivity contribution >= 4 is 36.3 Å². The first-order chi connectivity index (χ1) is 14.8. The van der Waals surface area contributed by atoms with Crippen LogP contribution in [0.2, 0.25) is 0 Å². The number of amides is 3. The van der Waals surface area contributed by atoms with Gasteiger partial charge in [0.25, 0.3) is 0 Å². The number of nitrogens with one attached hydrogen (secondary N) is 2. The Kier molecular flexibility index (Phi) is 7.55. The number of imidazole rings is 1. The van der Waals surface area contributed by atoms with Gasteiger partial charge in [-0.05, 0) is 25.7 Å². The first-order valence-corrected chi connectivity index (χ1v) is 10.9. The lowest BCUT2D eigenvalue weighted by Crippen LogP contribution is -2.57. The Hall–Kier alpha value is -2.60. The smallest absolute Gasteiger partial charge is 0.326 e. The minimum absolute atomic E-state index is 0.0419. The van der Waals surface area contributed by atoms with Crippen LogP contribution in [0, 0.1) is 0 Å². The molecule has 11 nitrogen and oxygen atoms in total. The minimum atomic E-state index is -1.03. The summed E-state index contributed by atoms with van der Waals surface area (Å²) in [6.07, 6.45) is 5.39. The van der Waals surface area contributed by atoms with Gasteiger partial charge in [-0.15, -0.1) is 0 Å². The van der Waals surface area contributed by atoms with E-state index in [9.17, 15) is 24.3 Å². The van der Waals surface area contributed by atoms with Crippen molar-refractivity contribution in [1.82, 2.24) is 25.1 Å². The van der Waals surface area contributed by atoms with E-state index in [2.05, 4.69) is 27.9 Å². The van der Waals surface area contributed by atoms with Gasteiger partial charge in [0.1, 0.15) is 18.1 Å². The number of aromatic amines is 1. The van der Waals surface area contributed by atoms with Crippen LogP contribution in [0.1, 0.15) is 31.4 Å². The van der Waals surface area contributed by atoms with E-state index in [1.807, 2.05) is 0 Å². The van der Waals surface area contributed by atoms with Crippen LogP contribution in [-0.2, 0) is 25.6 Å². The maximum absolute atomic E-state index is 13.1. The number of thiol groups is 1. The topological polar surface area (TPSA) is 162 Å². The van der Waals surface area contributed by atoms with Crippen LogP contribution in [-0.4, -0.2) is 91.6 Å². The maximum atomic E-state index is 13.1. The highest BCUT2D eigenvalue weighted by atomic mass is 32.1. The number of hydrogen-bond acceptors (Lipinski definition) is 7. The standard InChI is InChI=1S/C19H28N6O5S/c20-12(7-11-8-21-10-22-11)16(26)23-13(9-31)17(27)24-5-1-3-14(24)18(28)25-6-2-4-15(25)19(29)30/h8,10,12-15,31H,1-7,9,20H2,(H,21,22)(H,23,26)(H,29,30). The van der Waals surface area contributed by atoms with Crippen LogP contribution >= 0.6 is 12.6 Å². The molecule has 0 aromatic carbocycles. The molecule has 0 radical (unpaired) electrons. The fourth-order valence-electron chi connectivity index (χ4n) is 4.16. The van der Waals surface area contributed by atoms with Crippen molar-refractivity contribution in [3.8, 4) is 0 Å². The number of carboxylic acid groups (broad SMARTS) is 1. The summed E-state index contributed by atoms with van der Waals surface area (Å²) < 4.78 is 0. The molecule has 0 spiro atoms. The van der Waals surface area contributed by atoms with E-state index in [1.54, 1.807) is 6.20 Å². The average Bonchev–Trinajstić information content (AvgIpc) is 3.51. The minimum Gasteiger partial charge on any atom is -0.480 e. The molecule has 2 fully saturated rings. The molecule has 4 unspecified atom stereocenters. The largest absolute Gasteiger partial charge is 0.480 e. The van der Waals surface area contributed by atoms with Gasteiger partial charge in [0, 0.05) is 37.2 Å². The lowest BCUT2D eigenvalue weighted by atomic mass is 10.1. The van der Waals surface area contributed by atoms with Gasteiger partial charge in [0.2, 0.25) is 17.7 Å². The van der Waals surface area contributed by atoms with Crippen molar-refractivity contribution in [3.05, 3.63) is 18.2 Å². The lowest BCUT2D eigenvalue weighted by Gasteiger charge is -2.32. The van der Waals surface area contributed by atoms with Gasteiger partial charge in [-0.2, -0.15) is 12.6 Å². The third kappa shape index (κ3) is 5.18. The summed E-state index contributed by atoms with van der Waals surface area (Å²) in [5.41, 5.74) is 6.64. The maximum Gasteiger partial charge on any atom is 0.326 e. The summed E-state index contributed by atoms with van der Waals surface area (Å²) in [4.78, 5) is 59.6. The third-order valence-corrected chi connectivity index (χ3v) is 6.14. The molecule has 2 aliphatic heterocycles. The molecular weight excluding hydrogens is 424 g/mol. The molecule has 2 saturated heterocycles. The number of carbonyl (C=O) groups excluding carboxylic acids is 3. The Morgan fingerprint density at radius 2 is 1.90 bits per heavy atom. The molecule has 4 atom stereocenters. The van der Waals surface area contributed by atoms with Gasteiger partial charge in [-0.25, -0.2) is 9.78 Å². The zero-order valence-electron chi connectivity index (χ0n) is 17.1. The first kappa shape index (κ1) is 23.1. The summed E-state index contributed by atoms with van der Waals surface area (Å²) in [7, 11) is 0. The predicted molar refractivity (Wildman–Crippen MR) is 113 cm³/mol. The number of carbonyl (C=O) groups is 4. The highest BCUT2D eigenvalue weighted by molar-refractivity contribution is 7.80.